The average Bonchev–Trinajstić information content (AvgIpc) is 3.52. The third-order valence-electron chi connectivity index (χ3n) is 8.57. The Balaban J connectivity index is 1.44. The second kappa shape index (κ2) is 10.6. The van der Waals surface area contributed by atoms with Gasteiger partial charge in [0.2, 0.25) is 5.91 Å². The van der Waals surface area contributed by atoms with Crippen molar-refractivity contribution in [3.63, 3.8) is 0 Å². The highest BCUT2D eigenvalue weighted by atomic mass is 35.5. The lowest BCUT2D eigenvalue weighted by molar-refractivity contribution is -0.128. The van der Waals surface area contributed by atoms with Crippen molar-refractivity contribution in [2.45, 2.75) is 44.1 Å². The van der Waals surface area contributed by atoms with Crippen molar-refractivity contribution >= 4 is 29.2 Å². The van der Waals surface area contributed by atoms with Gasteiger partial charge in [-0.15, -0.1) is 0 Å². The van der Waals surface area contributed by atoms with Crippen LogP contribution < -0.4 is 9.64 Å². The number of likely N-dealkylation sites (tertiary alicyclic amines) is 1. The number of alkyl halides is 1. The highest BCUT2D eigenvalue weighted by Crippen LogP contribution is 2.45. The Morgan fingerprint density at radius 2 is 1.95 bits per heavy atom. The monoisotopic (exact) mass is 571 g/mol. The molecular formula is C29H32ClF2N5O3. The van der Waals surface area contributed by atoms with Gasteiger partial charge >= 0.3 is 0 Å². The molecule has 1 aromatic heterocycles. The van der Waals surface area contributed by atoms with Crippen LogP contribution in [0.4, 0.5) is 14.6 Å². The zero-order valence-electron chi connectivity index (χ0n) is 22.4. The lowest BCUT2D eigenvalue weighted by Crippen LogP contribution is -2.57. The number of pyridine rings is 1. The van der Waals surface area contributed by atoms with Crippen LogP contribution in [0, 0.1) is 5.82 Å². The van der Waals surface area contributed by atoms with Gasteiger partial charge in [0.1, 0.15) is 35.0 Å². The third kappa shape index (κ3) is 4.60. The number of hydrogen-bond donors (Lipinski definition) is 0. The average molecular weight is 572 g/mol. The van der Waals surface area contributed by atoms with Gasteiger partial charge in [-0.05, 0) is 38.0 Å². The number of piperazine rings is 1. The lowest BCUT2D eigenvalue weighted by Gasteiger charge is -2.39. The summed E-state index contributed by atoms with van der Waals surface area (Å²) in [6.45, 7) is 8.37. The van der Waals surface area contributed by atoms with E-state index in [9.17, 15) is 14.0 Å². The van der Waals surface area contributed by atoms with Gasteiger partial charge in [0.15, 0.2) is 5.75 Å². The highest BCUT2D eigenvalue weighted by molar-refractivity contribution is 6.35. The summed E-state index contributed by atoms with van der Waals surface area (Å²) < 4.78 is 35.3. The maximum Gasteiger partial charge on any atom is 0.261 e. The Labute approximate surface area is 237 Å². The van der Waals surface area contributed by atoms with Gasteiger partial charge in [-0.25, -0.2) is 13.8 Å². The van der Waals surface area contributed by atoms with Crippen LogP contribution >= 0.6 is 11.6 Å². The first-order valence-electron chi connectivity index (χ1n) is 13.7. The van der Waals surface area contributed by atoms with E-state index in [2.05, 4.69) is 23.3 Å². The molecule has 2 aromatic rings. The summed E-state index contributed by atoms with van der Waals surface area (Å²) >= 11 is 6.86. The van der Waals surface area contributed by atoms with Crippen LogP contribution in [-0.4, -0.2) is 102 Å². The van der Waals surface area contributed by atoms with E-state index in [1.54, 1.807) is 28.0 Å². The van der Waals surface area contributed by atoms with E-state index in [1.165, 1.54) is 12.1 Å². The van der Waals surface area contributed by atoms with E-state index in [4.69, 9.17) is 21.3 Å². The maximum atomic E-state index is 15.0. The Morgan fingerprint density at radius 1 is 1.15 bits per heavy atom. The minimum Gasteiger partial charge on any atom is -0.489 e. The number of aromatic nitrogens is 1. The Hall–Kier alpha value is -3.24. The van der Waals surface area contributed by atoms with E-state index in [1.807, 2.05) is 0 Å². The summed E-state index contributed by atoms with van der Waals surface area (Å²) in [4.78, 5) is 39.0. The minimum atomic E-state index is -0.833. The molecule has 8 nitrogen and oxygen atoms in total. The third-order valence-corrected chi connectivity index (χ3v) is 8.92. The van der Waals surface area contributed by atoms with Crippen LogP contribution in [0.15, 0.2) is 36.9 Å². The SMILES string of the molecule is C=CC(=O)N1CCN2C(=O)c3c(N4CC(N5CCC(F)C5)C[C@@H]4C)nc(-c4ccccc4F)c(Cl)c3OCC2C1. The molecule has 3 fully saturated rings. The largest absolute Gasteiger partial charge is 0.489 e. The molecule has 1 aromatic carbocycles. The summed E-state index contributed by atoms with van der Waals surface area (Å²) in [6.07, 6.45) is 1.73. The zero-order chi connectivity index (χ0) is 28.1. The number of nitrogens with zero attached hydrogens (tertiary/aromatic N) is 5. The van der Waals surface area contributed by atoms with Crippen molar-refractivity contribution in [1.29, 1.82) is 0 Å². The molecule has 212 valence electrons. The number of anilines is 1. The number of carbonyl (C=O) groups is 2. The number of halogens is 3. The number of benzene rings is 1. The lowest BCUT2D eigenvalue weighted by atomic mass is 10.1. The normalized spacial score (nSPS) is 26.8. The van der Waals surface area contributed by atoms with E-state index in [-0.39, 0.29) is 58.1 Å². The predicted octanol–water partition coefficient (Wildman–Crippen LogP) is 3.78. The maximum absolute atomic E-state index is 15.0. The molecule has 0 N–H and O–H groups in total. The van der Waals surface area contributed by atoms with Crippen molar-refractivity contribution in [2.24, 2.45) is 0 Å². The molecule has 5 heterocycles. The molecule has 0 bridgehead atoms. The van der Waals surface area contributed by atoms with Crippen LogP contribution in [0.25, 0.3) is 11.3 Å². The van der Waals surface area contributed by atoms with Gasteiger partial charge in [0.05, 0.1) is 11.7 Å². The van der Waals surface area contributed by atoms with E-state index >= 15 is 4.39 Å². The Morgan fingerprint density at radius 3 is 2.67 bits per heavy atom. The molecular weight excluding hydrogens is 540 g/mol. The number of carbonyl (C=O) groups excluding carboxylic acids is 2. The first kappa shape index (κ1) is 27.0. The molecule has 11 heteroatoms. The highest BCUT2D eigenvalue weighted by Gasteiger charge is 2.43. The molecule has 6 rings (SSSR count). The van der Waals surface area contributed by atoms with Crippen LogP contribution in [0.5, 0.6) is 5.75 Å². The smallest absolute Gasteiger partial charge is 0.261 e. The summed E-state index contributed by atoms with van der Waals surface area (Å²) in [6, 6.07) is 5.93. The standard InChI is InChI=1S/C29H32ClF2N5O3/c1-3-23(38)35-10-11-36-20(14-35)16-40-27-24(29(36)39)28(33-26(25(27)30)21-6-4-5-7-22(21)32)37-15-19(12-17(37)2)34-9-8-18(31)13-34/h3-7,17-20H,1,8-16H2,2H3/t17-,18?,19?,20?/m0/s1. The molecule has 0 radical (unpaired) electrons. The predicted molar refractivity (Wildman–Crippen MR) is 148 cm³/mol. The van der Waals surface area contributed by atoms with Gasteiger partial charge in [0.25, 0.3) is 5.91 Å². The van der Waals surface area contributed by atoms with Crippen LogP contribution in [-0.2, 0) is 4.79 Å². The zero-order valence-corrected chi connectivity index (χ0v) is 23.1. The summed E-state index contributed by atoms with van der Waals surface area (Å²) in [5, 5.41) is 0.0688. The number of amides is 2. The quantitative estimate of drug-likeness (QED) is 0.520. The molecule has 0 spiro atoms. The molecule has 0 saturated carbocycles. The van der Waals surface area contributed by atoms with Crippen molar-refractivity contribution in [2.75, 3.05) is 50.8 Å². The number of fused-ring (bicyclic) bond motifs is 2. The summed E-state index contributed by atoms with van der Waals surface area (Å²) in [5.74, 6) is -0.415. The van der Waals surface area contributed by atoms with Gasteiger partial charge in [-0.3, -0.25) is 14.5 Å². The van der Waals surface area contributed by atoms with Crippen LogP contribution in [0.3, 0.4) is 0 Å². The van der Waals surface area contributed by atoms with Crippen molar-refractivity contribution in [1.82, 2.24) is 19.7 Å². The topological polar surface area (TPSA) is 69.2 Å². The molecule has 40 heavy (non-hydrogen) atoms. The van der Waals surface area contributed by atoms with Gasteiger partial charge in [0, 0.05) is 56.9 Å². The first-order chi connectivity index (χ1) is 19.3. The van der Waals surface area contributed by atoms with Crippen molar-refractivity contribution in [3.05, 3.63) is 53.3 Å². The Bertz CT molecular complexity index is 1360. The molecule has 4 atom stereocenters. The summed E-state index contributed by atoms with van der Waals surface area (Å²) in [5.41, 5.74) is 0.652. The van der Waals surface area contributed by atoms with Gasteiger partial charge < -0.3 is 19.4 Å². The number of hydrogen-bond acceptors (Lipinski definition) is 6. The number of rotatable bonds is 4. The number of ether oxygens (including phenoxy) is 1. The van der Waals surface area contributed by atoms with Crippen LogP contribution in [0.2, 0.25) is 5.02 Å². The van der Waals surface area contributed by atoms with E-state index < -0.39 is 18.0 Å². The molecule has 4 aliphatic rings. The first-order valence-corrected chi connectivity index (χ1v) is 14.1. The minimum absolute atomic E-state index is 0.0104. The van der Waals surface area contributed by atoms with Crippen molar-refractivity contribution in [3.8, 4) is 17.0 Å². The van der Waals surface area contributed by atoms with Crippen molar-refractivity contribution < 1.29 is 23.1 Å². The molecule has 3 unspecified atom stereocenters. The van der Waals surface area contributed by atoms with E-state index in [0.717, 1.165) is 6.42 Å². The fourth-order valence-electron chi connectivity index (χ4n) is 6.45. The second-order valence-corrected chi connectivity index (χ2v) is 11.4. The summed E-state index contributed by atoms with van der Waals surface area (Å²) in [7, 11) is 0. The van der Waals surface area contributed by atoms with Gasteiger partial charge in [-0.1, -0.05) is 30.3 Å². The molecule has 3 saturated heterocycles. The van der Waals surface area contributed by atoms with Gasteiger partial charge in [-0.2, -0.15) is 0 Å². The Kier molecular flexibility index (Phi) is 7.16. The second-order valence-electron chi connectivity index (χ2n) is 11.0. The molecule has 2 amide bonds. The fourth-order valence-corrected chi connectivity index (χ4v) is 6.75. The van der Waals surface area contributed by atoms with E-state index in [0.29, 0.717) is 51.5 Å². The van der Waals surface area contributed by atoms with Crippen LogP contribution in [0.1, 0.15) is 30.1 Å². The molecule has 0 aliphatic carbocycles. The molecule has 4 aliphatic heterocycles. The fraction of sp³-hybridized carbons (Fsp3) is 0.483.